The van der Waals surface area contributed by atoms with Gasteiger partial charge in [0, 0.05) is 18.5 Å². The van der Waals surface area contributed by atoms with E-state index in [-0.39, 0.29) is 17.5 Å². The highest BCUT2D eigenvalue weighted by atomic mass is 16.5. The van der Waals surface area contributed by atoms with E-state index in [1.165, 1.54) is 11.1 Å². The summed E-state index contributed by atoms with van der Waals surface area (Å²) in [6.07, 6.45) is 3.27. The van der Waals surface area contributed by atoms with Crippen LogP contribution in [0.15, 0.2) is 71.5 Å². The molecular weight excluding hydrogens is 526 g/mol. The van der Waals surface area contributed by atoms with Crippen LogP contribution >= 0.6 is 0 Å². The minimum Gasteiger partial charge on any atom is -0.494 e. The predicted octanol–water partition coefficient (Wildman–Crippen LogP) is 6.67. The van der Waals surface area contributed by atoms with Gasteiger partial charge in [-0.25, -0.2) is 9.48 Å². The van der Waals surface area contributed by atoms with Crippen molar-refractivity contribution in [2.75, 3.05) is 6.61 Å². The zero-order chi connectivity index (χ0) is 30.3. The Hall–Kier alpha value is -4.13. The van der Waals surface area contributed by atoms with Crippen LogP contribution in [-0.4, -0.2) is 32.0 Å². The minimum atomic E-state index is -0.882. The van der Waals surface area contributed by atoms with Crippen molar-refractivity contribution in [1.29, 1.82) is 0 Å². The van der Waals surface area contributed by atoms with Crippen molar-refractivity contribution in [3.63, 3.8) is 0 Å². The SMILES string of the molecule is CCCn1c(CCCc2ccc(-c3ccc(OCC)c(CC(=O)O)c3)cc2)nn(Cc2ccc(C(C)(C)C)cc2)c1=O. The van der Waals surface area contributed by atoms with Crippen LogP contribution in [0.5, 0.6) is 5.75 Å². The van der Waals surface area contributed by atoms with Crippen LogP contribution in [0.2, 0.25) is 0 Å². The molecule has 7 heteroatoms. The molecule has 0 saturated carbocycles. The Morgan fingerprint density at radius 3 is 2.19 bits per heavy atom. The summed E-state index contributed by atoms with van der Waals surface area (Å²) in [7, 11) is 0. The van der Waals surface area contributed by atoms with Crippen LogP contribution in [-0.2, 0) is 42.6 Å². The van der Waals surface area contributed by atoms with Gasteiger partial charge in [0.15, 0.2) is 0 Å². The Morgan fingerprint density at radius 2 is 1.57 bits per heavy atom. The molecule has 4 aromatic rings. The molecule has 0 fully saturated rings. The van der Waals surface area contributed by atoms with Gasteiger partial charge in [-0.3, -0.25) is 9.36 Å². The number of hydrogen-bond donors (Lipinski definition) is 1. The van der Waals surface area contributed by atoms with Gasteiger partial charge in [-0.15, -0.1) is 0 Å². The first-order chi connectivity index (χ1) is 20.1. The van der Waals surface area contributed by atoms with Crippen molar-refractivity contribution < 1.29 is 14.6 Å². The molecule has 0 unspecified atom stereocenters. The van der Waals surface area contributed by atoms with Gasteiger partial charge in [-0.05, 0) is 71.6 Å². The van der Waals surface area contributed by atoms with Gasteiger partial charge in [0.2, 0.25) is 0 Å². The predicted molar refractivity (Wildman–Crippen MR) is 167 cm³/mol. The van der Waals surface area contributed by atoms with Gasteiger partial charge in [0.25, 0.3) is 0 Å². The van der Waals surface area contributed by atoms with Gasteiger partial charge in [-0.2, -0.15) is 5.10 Å². The summed E-state index contributed by atoms with van der Waals surface area (Å²) < 4.78 is 9.04. The standard InChI is InChI=1S/C35H43N3O4/c1-6-21-37-32(36-38(34(37)41)24-26-13-18-30(19-14-26)35(3,4)5)10-8-9-25-11-15-27(16-12-25)28-17-20-31(42-7-2)29(22-28)23-33(39)40/h11-20,22H,6-10,21,23-24H2,1-5H3,(H,39,40). The molecular formula is C35H43N3O4. The number of aryl methyl sites for hydroxylation is 2. The average molecular weight is 570 g/mol. The maximum absolute atomic E-state index is 13.2. The zero-order valence-corrected chi connectivity index (χ0v) is 25.5. The first kappa shape index (κ1) is 30.8. The maximum Gasteiger partial charge on any atom is 0.346 e. The highest BCUT2D eigenvalue weighted by molar-refractivity contribution is 5.74. The fourth-order valence-electron chi connectivity index (χ4n) is 5.18. The molecule has 0 saturated heterocycles. The lowest BCUT2D eigenvalue weighted by Crippen LogP contribution is -2.26. The normalized spacial score (nSPS) is 11.5. The number of benzene rings is 3. The number of aliphatic carboxylic acids is 1. The highest BCUT2D eigenvalue weighted by Gasteiger charge is 2.16. The molecule has 0 aliphatic rings. The number of rotatable bonds is 13. The summed E-state index contributed by atoms with van der Waals surface area (Å²) in [6.45, 7) is 12.2. The van der Waals surface area contributed by atoms with E-state index in [2.05, 4.69) is 76.2 Å². The van der Waals surface area contributed by atoms with Gasteiger partial charge < -0.3 is 9.84 Å². The van der Waals surface area contributed by atoms with E-state index in [9.17, 15) is 14.7 Å². The second-order valence-electron chi connectivity index (χ2n) is 11.8. The summed E-state index contributed by atoms with van der Waals surface area (Å²) >= 11 is 0. The van der Waals surface area contributed by atoms with Crippen LogP contribution in [0, 0.1) is 0 Å². The van der Waals surface area contributed by atoms with Crippen molar-refractivity contribution in [2.45, 2.75) is 85.2 Å². The van der Waals surface area contributed by atoms with Crippen molar-refractivity contribution in [3.8, 4) is 16.9 Å². The number of hydrogen-bond acceptors (Lipinski definition) is 4. The van der Waals surface area contributed by atoms with Crippen molar-refractivity contribution in [1.82, 2.24) is 14.3 Å². The fraction of sp³-hybridized carbons (Fsp3) is 0.400. The minimum absolute atomic E-state index is 0.0475. The molecule has 1 heterocycles. The fourth-order valence-corrected chi connectivity index (χ4v) is 5.18. The van der Waals surface area contributed by atoms with Crippen LogP contribution in [0.25, 0.3) is 11.1 Å². The topological polar surface area (TPSA) is 86.3 Å². The third-order valence-corrected chi connectivity index (χ3v) is 7.45. The Kier molecular flexibility index (Phi) is 10.0. The number of carbonyl (C=O) groups is 1. The van der Waals surface area contributed by atoms with Crippen molar-refractivity contribution in [2.24, 2.45) is 0 Å². The second-order valence-corrected chi connectivity index (χ2v) is 11.8. The van der Waals surface area contributed by atoms with Gasteiger partial charge >= 0.3 is 11.7 Å². The van der Waals surface area contributed by atoms with E-state index >= 15 is 0 Å². The van der Waals surface area contributed by atoms with E-state index in [4.69, 9.17) is 9.84 Å². The molecule has 0 aliphatic heterocycles. The van der Waals surface area contributed by atoms with Gasteiger partial charge in [0.05, 0.1) is 19.6 Å². The Labute approximate surface area is 248 Å². The highest BCUT2D eigenvalue weighted by Crippen LogP contribution is 2.28. The molecule has 4 rings (SSSR count). The summed E-state index contributed by atoms with van der Waals surface area (Å²) in [5.74, 6) is 0.570. The molecule has 222 valence electrons. The molecule has 3 aromatic carbocycles. The van der Waals surface area contributed by atoms with Crippen molar-refractivity contribution >= 4 is 5.97 Å². The lowest BCUT2D eigenvalue weighted by atomic mass is 9.87. The molecule has 0 aliphatic carbocycles. The Balaban J connectivity index is 1.42. The second kappa shape index (κ2) is 13.7. The van der Waals surface area contributed by atoms with Crippen LogP contribution in [0.4, 0.5) is 0 Å². The lowest BCUT2D eigenvalue weighted by molar-refractivity contribution is -0.136. The quantitative estimate of drug-likeness (QED) is 0.194. The van der Waals surface area contributed by atoms with E-state index < -0.39 is 5.97 Å². The molecule has 1 aromatic heterocycles. The van der Waals surface area contributed by atoms with E-state index in [0.29, 0.717) is 31.0 Å². The Bertz CT molecular complexity index is 1540. The third-order valence-electron chi connectivity index (χ3n) is 7.45. The summed E-state index contributed by atoms with van der Waals surface area (Å²) in [4.78, 5) is 24.5. The number of aromatic nitrogens is 3. The van der Waals surface area contributed by atoms with Crippen LogP contribution < -0.4 is 10.4 Å². The number of ether oxygens (including phenoxy) is 1. The van der Waals surface area contributed by atoms with E-state index in [0.717, 1.165) is 48.2 Å². The maximum atomic E-state index is 13.2. The smallest absolute Gasteiger partial charge is 0.346 e. The van der Waals surface area contributed by atoms with Crippen molar-refractivity contribution in [3.05, 3.63) is 105 Å². The van der Waals surface area contributed by atoms with Gasteiger partial charge in [0.1, 0.15) is 11.6 Å². The summed E-state index contributed by atoms with van der Waals surface area (Å²) in [5.41, 5.74) is 6.25. The molecule has 42 heavy (non-hydrogen) atoms. The summed E-state index contributed by atoms with van der Waals surface area (Å²) in [6, 6.07) is 22.5. The third kappa shape index (κ3) is 7.78. The summed E-state index contributed by atoms with van der Waals surface area (Å²) in [5, 5.41) is 14.0. The number of carboxylic acids is 1. The lowest BCUT2D eigenvalue weighted by Gasteiger charge is -2.19. The monoisotopic (exact) mass is 569 g/mol. The molecule has 0 atom stereocenters. The molecule has 7 nitrogen and oxygen atoms in total. The largest absolute Gasteiger partial charge is 0.494 e. The van der Waals surface area contributed by atoms with Gasteiger partial charge in [-0.1, -0.05) is 82.3 Å². The number of nitrogens with zero attached hydrogens (tertiary/aromatic N) is 3. The first-order valence-corrected chi connectivity index (χ1v) is 14.9. The molecule has 0 spiro atoms. The average Bonchev–Trinajstić information content (AvgIpc) is 3.23. The van der Waals surface area contributed by atoms with E-state index in [1.807, 2.05) is 29.7 Å². The first-order valence-electron chi connectivity index (χ1n) is 14.9. The molecule has 0 bridgehead atoms. The molecule has 0 amide bonds. The Morgan fingerprint density at radius 1 is 0.905 bits per heavy atom. The molecule has 1 N–H and O–H groups in total. The zero-order valence-electron chi connectivity index (χ0n) is 25.5. The molecule has 0 radical (unpaired) electrons. The van der Waals surface area contributed by atoms with Crippen LogP contribution in [0.1, 0.15) is 75.5 Å². The van der Waals surface area contributed by atoms with Crippen LogP contribution in [0.3, 0.4) is 0 Å². The number of carboxylic acid groups (broad SMARTS) is 1. The van der Waals surface area contributed by atoms with E-state index in [1.54, 1.807) is 4.68 Å².